The number of nitrogens with zero attached hydrogens (tertiary/aromatic N) is 1. The van der Waals surface area contributed by atoms with Gasteiger partial charge in [-0.25, -0.2) is 0 Å². The molecule has 0 radical (unpaired) electrons. The number of rotatable bonds is 10. The Morgan fingerprint density at radius 3 is 2.85 bits per heavy atom. The molecule has 0 aromatic heterocycles. The zero-order valence-corrected chi connectivity index (χ0v) is 17.2. The van der Waals surface area contributed by atoms with Gasteiger partial charge in [0.2, 0.25) is 5.91 Å². The van der Waals surface area contributed by atoms with Crippen LogP contribution in [0, 0.1) is 11.8 Å². The third kappa shape index (κ3) is 7.39. The summed E-state index contributed by atoms with van der Waals surface area (Å²) in [6.07, 6.45) is 3.00. The van der Waals surface area contributed by atoms with Crippen molar-refractivity contribution in [1.29, 1.82) is 0 Å². The number of carbonyl (C=O) groups excluding carboxylic acids is 1. The molecule has 1 aliphatic heterocycles. The number of methoxy groups -OCH3 is 1. The lowest BCUT2D eigenvalue weighted by atomic mass is 9.85. The fourth-order valence-corrected chi connectivity index (χ4v) is 3.38. The molecule has 2 unspecified atom stereocenters. The van der Waals surface area contributed by atoms with Gasteiger partial charge < -0.3 is 25.0 Å². The van der Waals surface area contributed by atoms with Crippen LogP contribution >= 0.6 is 0 Å². The number of hydrogen-bond donors (Lipinski definition) is 2. The molecule has 1 fully saturated rings. The van der Waals surface area contributed by atoms with Crippen molar-refractivity contribution in [3.8, 4) is 11.5 Å². The second-order valence-electron chi connectivity index (χ2n) is 7.70. The molecule has 1 aromatic carbocycles. The number of carbonyl (C=O) groups is 1. The van der Waals surface area contributed by atoms with Crippen molar-refractivity contribution in [2.75, 3.05) is 47.4 Å². The predicted molar refractivity (Wildman–Crippen MR) is 108 cm³/mol. The molecule has 2 rings (SSSR count). The van der Waals surface area contributed by atoms with E-state index in [0.717, 1.165) is 30.9 Å². The second kappa shape index (κ2) is 11.1. The van der Waals surface area contributed by atoms with E-state index < -0.39 is 0 Å². The van der Waals surface area contributed by atoms with E-state index in [-0.39, 0.29) is 5.91 Å². The quantitative estimate of drug-likeness (QED) is 0.655. The zero-order valence-electron chi connectivity index (χ0n) is 17.2. The van der Waals surface area contributed by atoms with Crippen LogP contribution < -0.4 is 20.1 Å². The van der Waals surface area contributed by atoms with E-state index in [1.807, 2.05) is 32.3 Å². The smallest absolute Gasteiger partial charge is 0.220 e. The number of hydrogen-bond acceptors (Lipinski definition) is 5. The molecule has 1 aromatic rings. The molecule has 1 amide bonds. The molecular formula is C21H35N3O3. The molecule has 152 valence electrons. The van der Waals surface area contributed by atoms with E-state index in [9.17, 15) is 4.79 Å². The molecule has 2 N–H and O–H groups in total. The first kappa shape index (κ1) is 21.5. The van der Waals surface area contributed by atoms with Crippen LogP contribution in [-0.2, 0) is 11.3 Å². The van der Waals surface area contributed by atoms with Crippen LogP contribution in [0.1, 0.15) is 31.7 Å². The number of amides is 1. The number of benzene rings is 1. The fourth-order valence-electron chi connectivity index (χ4n) is 3.38. The Morgan fingerprint density at radius 1 is 1.37 bits per heavy atom. The highest BCUT2D eigenvalue weighted by Crippen LogP contribution is 2.28. The van der Waals surface area contributed by atoms with Gasteiger partial charge in [0.25, 0.3) is 0 Å². The molecule has 0 aliphatic carbocycles. The van der Waals surface area contributed by atoms with Crippen molar-refractivity contribution in [3.63, 3.8) is 0 Å². The summed E-state index contributed by atoms with van der Waals surface area (Å²) < 4.78 is 11.2. The van der Waals surface area contributed by atoms with E-state index in [0.29, 0.717) is 37.2 Å². The minimum Gasteiger partial charge on any atom is -0.493 e. The van der Waals surface area contributed by atoms with Crippen LogP contribution in [0.25, 0.3) is 0 Å². The number of piperidine rings is 1. The summed E-state index contributed by atoms with van der Waals surface area (Å²) in [5.74, 6) is 2.54. The first-order valence-corrected chi connectivity index (χ1v) is 9.91. The van der Waals surface area contributed by atoms with Gasteiger partial charge in [0, 0.05) is 19.5 Å². The van der Waals surface area contributed by atoms with Crippen LogP contribution in [0.4, 0.5) is 0 Å². The standard InChI is InChI=1S/C21H35N3O3/c1-16(18-6-5-9-22-15-18)12-21(25)23-14-17-7-8-19(20(13-17)26-4)27-11-10-24(2)3/h7-8,13,16,18,22H,5-6,9-12,14-15H2,1-4H3,(H,23,25). The van der Waals surface area contributed by atoms with Crippen molar-refractivity contribution in [1.82, 2.24) is 15.5 Å². The summed E-state index contributed by atoms with van der Waals surface area (Å²) in [7, 11) is 5.66. The Kier molecular flexibility index (Phi) is 8.88. The lowest BCUT2D eigenvalue weighted by molar-refractivity contribution is -0.122. The van der Waals surface area contributed by atoms with E-state index in [1.165, 1.54) is 12.8 Å². The summed E-state index contributed by atoms with van der Waals surface area (Å²) >= 11 is 0. The average molecular weight is 378 g/mol. The Labute approximate surface area is 163 Å². The topological polar surface area (TPSA) is 62.8 Å². The number of nitrogens with one attached hydrogen (secondary N) is 2. The molecule has 1 saturated heterocycles. The van der Waals surface area contributed by atoms with E-state index in [4.69, 9.17) is 9.47 Å². The SMILES string of the molecule is COc1cc(CNC(=O)CC(C)C2CCCNC2)ccc1OCCN(C)C. The van der Waals surface area contributed by atoms with Crippen molar-refractivity contribution < 1.29 is 14.3 Å². The largest absolute Gasteiger partial charge is 0.493 e. The fraction of sp³-hybridized carbons (Fsp3) is 0.667. The highest BCUT2D eigenvalue weighted by atomic mass is 16.5. The van der Waals surface area contributed by atoms with Gasteiger partial charge in [0.1, 0.15) is 6.61 Å². The molecule has 2 atom stereocenters. The summed E-state index contributed by atoms with van der Waals surface area (Å²) in [6, 6.07) is 5.81. The molecule has 0 bridgehead atoms. The minimum atomic E-state index is 0.110. The molecule has 0 spiro atoms. The van der Waals surface area contributed by atoms with E-state index in [2.05, 4.69) is 22.5 Å². The maximum atomic E-state index is 12.3. The van der Waals surface area contributed by atoms with Gasteiger partial charge in [-0.3, -0.25) is 4.79 Å². The van der Waals surface area contributed by atoms with Gasteiger partial charge >= 0.3 is 0 Å². The van der Waals surface area contributed by atoms with Gasteiger partial charge in [-0.1, -0.05) is 13.0 Å². The first-order chi connectivity index (χ1) is 13.0. The second-order valence-corrected chi connectivity index (χ2v) is 7.70. The molecule has 6 heteroatoms. The summed E-state index contributed by atoms with van der Waals surface area (Å²) in [4.78, 5) is 14.4. The van der Waals surface area contributed by atoms with Gasteiger partial charge in [0.05, 0.1) is 7.11 Å². The Morgan fingerprint density at radius 2 is 2.19 bits per heavy atom. The van der Waals surface area contributed by atoms with Crippen LogP contribution in [0.3, 0.4) is 0 Å². The zero-order chi connectivity index (χ0) is 19.6. The molecule has 6 nitrogen and oxygen atoms in total. The van der Waals surface area contributed by atoms with Gasteiger partial charge in [-0.2, -0.15) is 0 Å². The third-order valence-corrected chi connectivity index (χ3v) is 5.16. The first-order valence-electron chi connectivity index (χ1n) is 9.91. The van der Waals surface area contributed by atoms with Gasteiger partial charge in [-0.05, 0) is 69.6 Å². The summed E-state index contributed by atoms with van der Waals surface area (Å²) in [5, 5.41) is 6.46. The Balaban J connectivity index is 1.81. The van der Waals surface area contributed by atoms with Crippen LogP contribution in [0.2, 0.25) is 0 Å². The van der Waals surface area contributed by atoms with Crippen LogP contribution in [0.5, 0.6) is 11.5 Å². The van der Waals surface area contributed by atoms with Crippen molar-refractivity contribution in [2.45, 2.75) is 32.7 Å². The highest BCUT2D eigenvalue weighted by molar-refractivity contribution is 5.76. The number of ether oxygens (including phenoxy) is 2. The van der Waals surface area contributed by atoms with E-state index in [1.54, 1.807) is 7.11 Å². The average Bonchev–Trinajstić information content (AvgIpc) is 2.67. The molecular weight excluding hydrogens is 342 g/mol. The lowest BCUT2D eigenvalue weighted by Crippen LogP contribution is -2.35. The predicted octanol–water partition coefficient (Wildman–Crippen LogP) is 2.28. The molecule has 27 heavy (non-hydrogen) atoms. The maximum Gasteiger partial charge on any atom is 0.220 e. The summed E-state index contributed by atoms with van der Waals surface area (Å²) in [6.45, 7) is 6.26. The Hall–Kier alpha value is -1.79. The van der Waals surface area contributed by atoms with Gasteiger partial charge in [-0.15, -0.1) is 0 Å². The third-order valence-electron chi connectivity index (χ3n) is 5.16. The monoisotopic (exact) mass is 377 g/mol. The van der Waals surface area contributed by atoms with Crippen LogP contribution in [-0.4, -0.2) is 58.3 Å². The highest BCUT2D eigenvalue weighted by Gasteiger charge is 2.21. The lowest BCUT2D eigenvalue weighted by Gasteiger charge is -2.28. The number of likely N-dealkylation sites (N-methyl/N-ethyl adjacent to an activating group) is 1. The van der Waals surface area contributed by atoms with Crippen LogP contribution in [0.15, 0.2) is 18.2 Å². The maximum absolute atomic E-state index is 12.3. The van der Waals surface area contributed by atoms with Crippen molar-refractivity contribution >= 4 is 5.91 Å². The molecule has 1 heterocycles. The normalized spacial score (nSPS) is 18.2. The Bertz CT molecular complexity index is 586. The van der Waals surface area contributed by atoms with E-state index >= 15 is 0 Å². The molecule has 1 aliphatic rings. The van der Waals surface area contributed by atoms with Crippen molar-refractivity contribution in [2.24, 2.45) is 11.8 Å². The van der Waals surface area contributed by atoms with Crippen molar-refractivity contribution in [3.05, 3.63) is 23.8 Å². The summed E-state index contributed by atoms with van der Waals surface area (Å²) in [5.41, 5.74) is 1.01. The minimum absolute atomic E-state index is 0.110. The molecule has 0 saturated carbocycles. The van der Waals surface area contributed by atoms with Gasteiger partial charge in [0.15, 0.2) is 11.5 Å².